The second-order valence-electron chi connectivity index (χ2n) is 4.08. The highest BCUT2D eigenvalue weighted by Gasteiger charge is 2.04. The van der Waals surface area contributed by atoms with E-state index in [4.69, 9.17) is 0 Å². The van der Waals surface area contributed by atoms with Gasteiger partial charge in [-0.1, -0.05) is 20.8 Å². The van der Waals surface area contributed by atoms with Gasteiger partial charge in [-0.25, -0.2) is 0 Å². The number of aliphatic hydroxyl groups excluding tert-OH is 1. The maximum absolute atomic E-state index is 11.3. The molecular formula is C11H24N2O2. The van der Waals surface area contributed by atoms with Crippen LogP contribution in [0.1, 0.15) is 40.0 Å². The zero-order chi connectivity index (χ0) is 11.7. The summed E-state index contributed by atoms with van der Waals surface area (Å²) in [5, 5.41) is 15.2. The quantitative estimate of drug-likeness (QED) is 0.522. The number of carbonyl (C=O) groups is 1. The molecule has 90 valence electrons. The van der Waals surface area contributed by atoms with Crippen molar-refractivity contribution in [1.29, 1.82) is 0 Å². The summed E-state index contributed by atoms with van der Waals surface area (Å²) in [5.41, 5.74) is 0. The molecule has 0 bridgehead atoms. The van der Waals surface area contributed by atoms with E-state index < -0.39 is 6.10 Å². The Kier molecular flexibility index (Phi) is 8.33. The summed E-state index contributed by atoms with van der Waals surface area (Å²) in [6.07, 6.45) is 1.63. The molecular weight excluding hydrogens is 192 g/mol. The molecule has 0 radical (unpaired) electrons. The molecule has 0 saturated carbocycles. The fraction of sp³-hybridized carbons (Fsp3) is 0.909. The van der Waals surface area contributed by atoms with E-state index in [1.165, 1.54) is 0 Å². The first-order valence-corrected chi connectivity index (χ1v) is 5.74. The van der Waals surface area contributed by atoms with E-state index >= 15 is 0 Å². The smallest absolute Gasteiger partial charge is 0.220 e. The fourth-order valence-corrected chi connectivity index (χ4v) is 1.10. The Hall–Kier alpha value is -0.610. The topological polar surface area (TPSA) is 61.4 Å². The minimum Gasteiger partial charge on any atom is -0.391 e. The number of carbonyl (C=O) groups excluding carboxylic acids is 1. The fourth-order valence-electron chi connectivity index (χ4n) is 1.10. The van der Waals surface area contributed by atoms with Crippen LogP contribution in [0.4, 0.5) is 0 Å². The second kappa shape index (κ2) is 8.68. The molecule has 1 unspecified atom stereocenters. The molecule has 0 saturated heterocycles. The van der Waals surface area contributed by atoms with E-state index in [9.17, 15) is 9.90 Å². The summed E-state index contributed by atoms with van der Waals surface area (Å²) in [6, 6.07) is 0.468. The van der Waals surface area contributed by atoms with Gasteiger partial charge in [-0.05, 0) is 19.4 Å². The van der Waals surface area contributed by atoms with E-state index in [2.05, 4.69) is 24.5 Å². The van der Waals surface area contributed by atoms with Crippen LogP contribution in [0.5, 0.6) is 0 Å². The van der Waals surface area contributed by atoms with Gasteiger partial charge >= 0.3 is 0 Å². The van der Waals surface area contributed by atoms with Crippen molar-refractivity contribution in [2.24, 2.45) is 0 Å². The lowest BCUT2D eigenvalue weighted by Gasteiger charge is -2.10. The van der Waals surface area contributed by atoms with Gasteiger partial charge in [0.2, 0.25) is 5.91 Å². The molecule has 0 heterocycles. The number of rotatable bonds is 8. The summed E-state index contributed by atoms with van der Waals surface area (Å²) in [7, 11) is 0. The molecule has 15 heavy (non-hydrogen) atoms. The summed E-state index contributed by atoms with van der Waals surface area (Å²) in [6.45, 7) is 7.28. The predicted molar refractivity (Wildman–Crippen MR) is 61.7 cm³/mol. The molecule has 4 heteroatoms. The number of amides is 1. The minimum atomic E-state index is -0.414. The summed E-state index contributed by atoms with van der Waals surface area (Å²) in [4.78, 5) is 11.3. The lowest BCUT2D eigenvalue weighted by atomic mass is 10.2. The summed E-state index contributed by atoms with van der Waals surface area (Å²) in [5.74, 6) is 0.0213. The van der Waals surface area contributed by atoms with Crippen LogP contribution in [0.25, 0.3) is 0 Å². The van der Waals surface area contributed by atoms with Gasteiger partial charge in [0.05, 0.1) is 6.10 Å². The van der Waals surface area contributed by atoms with Gasteiger partial charge in [0.15, 0.2) is 0 Å². The van der Waals surface area contributed by atoms with E-state index in [0.29, 0.717) is 25.4 Å². The monoisotopic (exact) mass is 216 g/mol. The lowest BCUT2D eigenvalue weighted by Crippen LogP contribution is -2.32. The van der Waals surface area contributed by atoms with Crippen LogP contribution in [0, 0.1) is 0 Å². The third-order valence-corrected chi connectivity index (χ3v) is 2.14. The van der Waals surface area contributed by atoms with Crippen molar-refractivity contribution < 1.29 is 9.90 Å². The van der Waals surface area contributed by atoms with Crippen LogP contribution in [0.3, 0.4) is 0 Å². The molecule has 0 fully saturated rings. The minimum absolute atomic E-state index is 0.0213. The average molecular weight is 216 g/mol. The van der Waals surface area contributed by atoms with E-state index in [-0.39, 0.29) is 5.91 Å². The SMILES string of the molecule is CCC(O)CNC(=O)CCCNC(C)C. The Balaban J connectivity index is 3.34. The molecule has 0 aliphatic carbocycles. The first-order chi connectivity index (χ1) is 7.06. The zero-order valence-electron chi connectivity index (χ0n) is 10.0. The van der Waals surface area contributed by atoms with Gasteiger partial charge in [0, 0.05) is 19.0 Å². The molecule has 1 amide bonds. The lowest BCUT2D eigenvalue weighted by molar-refractivity contribution is -0.121. The Morgan fingerprint density at radius 2 is 2.07 bits per heavy atom. The second-order valence-corrected chi connectivity index (χ2v) is 4.08. The number of hydrogen-bond acceptors (Lipinski definition) is 3. The van der Waals surface area contributed by atoms with Gasteiger partial charge in [-0.2, -0.15) is 0 Å². The van der Waals surface area contributed by atoms with Crippen LogP contribution < -0.4 is 10.6 Å². The first kappa shape index (κ1) is 14.4. The van der Waals surface area contributed by atoms with Gasteiger partial charge in [-0.3, -0.25) is 4.79 Å². The molecule has 4 nitrogen and oxygen atoms in total. The van der Waals surface area contributed by atoms with Gasteiger partial charge in [-0.15, -0.1) is 0 Å². The molecule has 0 aromatic carbocycles. The van der Waals surface area contributed by atoms with Crippen molar-refractivity contribution in [2.75, 3.05) is 13.1 Å². The third-order valence-electron chi connectivity index (χ3n) is 2.14. The van der Waals surface area contributed by atoms with Gasteiger partial charge in [0.25, 0.3) is 0 Å². The zero-order valence-corrected chi connectivity index (χ0v) is 10.0. The van der Waals surface area contributed by atoms with Crippen molar-refractivity contribution in [3.8, 4) is 0 Å². The molecule has 0 spiro atoms. The van der Waals surface area contributed by atoms with Crippen molar-refractivity contribution in [3.05, 3.63) is 0 Å². The van der Waals surface area contributed by atoms with E-state index in [0.717, 1.165) is 13.0 Å². The summed E-state index contributed by atoms with van der Waals surface area (Å²) < 4.78 is 0. The van der Waals surface area contributed by atoms with Crippen molar-refractivity contribution in [3.63, 3.8) is 0 Å². The summed E-state index contributed by atoms with van der Waals surface area (Å²) >= 11 is 0. The standard InChI is InChI=1S/C11H24N2O2/c1-4-10(14)8-13-11(15)6-5-7-12-9(2)3/h9-10,12,14H,4-8H2,1-3H3,(H,13,15). The Bertz CT molecular complexity index is 172. The van der Waals surface area contributed by atoms with Gasteiger partial charge in [0.1, 0.15) is 0 Å². The molecule has 0 aromatic rings. The van der Waals surface area contributed by atoms with Crippen LogP contribution in [-0.2, 0) is 4.79 Å². The van der Waals surface area contributed by atoms with E-state index in [1.807, 2.05) is 6.92 Å². The Morgan fingerprint density at radius 3 is 2.60 bits per heavy atom. The number of hydrogen-bond donors (Lipinski definition) is 3. The largest absolute Gasteiger partial charge is 0.391 e. The molecule has 3 N–H and O–H groups in total. The number of aliphatic hydroxyl groups is 1. The van der Waals surface area contributed by atoms with Crippen LogP contribution in [0.15, 0.2) is 0 Å². The van der Waals surface area contributed by atoms with Crippen LogP contribution in [0.2, 0.25) is 0 Å². The number of nitrogens with one attached hydrogen (secondary N) is 2. The molecule has 1 atom stereocenters. The molecule has 0 aromatic heterocycles. The Morgan fingerprint density at radius 1 is 1.40 bits per heavy atom. The maximum Gasteiger partial charge on any atom is 0.220 e. The normalized spacial score (nSPS) is 12.9. The molecule has 0 aliphatic rings. The highest BCUT2D eigenvalue weighted by Crippen LogP contribution is 1.91. The van der Waals surface area contributed by atoms with Gasteiger partial charge < -0.3 is 15.7 Å². The van der Waals surface area contributed by atoms with E-state index in [1.54, 1.807) is 0 Å². The van der Waals surface area contributed by atoms with Crippen LogP contribution >= 0.6 is 0 Å². The average Bonchev–Trinajstić information content (AvgIpc) is 2.20. The molecule has 0 rings (SSSR count). The predicted octanol–water partition coefficient (Wildman–Crippen LogP) is 0.652. The maximum atomic E-state index is 11.3. The van der Waals surface area contributed by atoms with Crippen LogP contribution in [-0.4, -0.2) is 36.2 Å². The third kappa shape index (κ3) is 9.69. The Labute approximate surface area is 92.4 Å². The highest BCUT2D eigenvalue weighted by molar-refractivity contribution is 5.75. The first-order valence-electron chi connectivity index (χ1n) is 5.74. The van der Waals surface area contributed by atoms with Crippen molar-refractivity contribution in [2.45, 2.75) is 52.2 Å². The molecule has 0 aliphatic heterocycles. The van der Waals surface area contributed by atoms with Crippen molar-refractivity contribution in [1.82, 2.24) is 10.6 Å². The highest BCUT2D eigenvalue weighted by atomic mass is 16.3. The van der Waals surface area contributed by atoms with Crippen molar-refractivity contribution >= 4 is 5.91 Å².